The lowest BCUT2D eigenvalue weighted by molar-refractivity contribution is 0.0935. The Bertz CT molecular complexity index is 766. The van der Waals surface area contributed by atoms with Gasteiger partial charge in [0.15, 0.2) is 17.3 Å². The SMILES string of the molecule is COc1cc2c(cc1OC1CCCC1)C(=O)C(Cc1ccncc1)C2. The molecular weight excluding hydrogens is 314 g/mol. The number of methoxy groups -OCH3 is 1. The van der Waals surface area contributed by atoms with Gasteiger partial charge in [-0.2, -0.15) is 0 Å². The number of Topliss-reactive ketones (excluding diaryl/α,β-unsaturated/α-hetero) is 1. The number of carbonyl (C=O) groups excluding carboxylic acids is 1. The Hall–Kier alpha value is -2.36. The maximum atomic E-state index is 12.9. The molecule has 130 valence electrons. The maximum absolute atomic E-state index is 12.9. The van der Waals surface area contributed by atoms with Crippen LogP contribution in [0.2, 0.25) is 0 Å². The summed E-state index contributed by atoms with van der Waals surface area (Å²) in [6.45, 7) is 0. The first kappa shape index (κ1) is 16.1. The van der Waals surface area contributed by atoms with Gasteiger partial charge in [0.25, 0.3) is 0 Å². The average molecular weight is 337 g/mol. The molecular formula is C21H23NO3. The second-order valence-corrected chi connectivity index (χ2v) is 7.01. The Labute approximate surface area is 148 Å². The van der Waals surface area contributed by atoms with Crippen molar-refractivity contribution in [2.75, 3.05) is 7.11 Å². The van der Waals surface area contributed by atoms with E-state index in [0.717, 1.165) is 48.1 Å². The van der Waals surface area contributed by atoms with Crippen LogP contribution in [0.5, 0.6) is 11.5 Å². The summed E-state index contributed by atoms with van der Waals surface area (Å²) in [5.74, 6) is 1.66. The van der Waals surface area contributed by atoms with E-state index in [1.807, 2.05) is 24.3 Å². The van der Waals surface area contributed by atoms with Gasteiger partial charge in [0.05, 0.1) is 13.2 Å². The first-order valence-electron chi connectivity index (χ1n) is 9.05. The van der Waals surface area contributed by atoms with Crippen molar-refractivity contribution in [3.63, 3.8) is 0 Å². The van der Waals surface area contributed by atoms with Crippen molar-refractivity contribution in [1.82, 2.24) is 4.98 Å². The zero-order valence-electron chi connectivity index (χ0n) is 14.5. The molecule has 0 radical (unpaired) electrons. The van der Waals surface area contributed by atoms with Crippen LogP contribution < -0.4 is 9.47 Å². The first-order valence-corrected chi connectivity index (χ1v) is 9.05. The van der Waals surface area contributed by atoms with Crippen molar-refractivity contribution in [3.8, 4) is 11.5 Å². The second-order valence-electron chi connectivity index (χ2n) is 7.01. The third kappa shape index (κ3) is 3.26. The molecule has 2 aliphatic rings. The fourth-order valence-corrected chi connectivity index (χ4v) is 3.98. The summed E-state index contributed by atoms with van der Waals surface area (Å²) in [5, 5.41) is 0. The van der Waals surface area contributed by atoms with Crippen LogP contribution in [0, 0.1) is 5.92 Å². The zero-order valence-corrected chi connectivity index (χ0v) is 14.5. The Morgan fingerprint density at radius 2 is 1.88 bits per heavy atom. The minimum atomic E-state index is -0.0103. The van der Waals surface area contributed by atoms with E-state index in [4.69, 9.17) is 9.47 Å². The second kappa shape index (κ2) is 6.87. The first-order chi connectivity index (χ1) is 12.2. The third-order valence-corrected chi connectivity index (χ3v) is 5.32. The summed E-state index contributed by atoms with van der Waals surface area (Å²) in [6, 6.07) is 7.85. The van der Waals surface area contributed by atoms with E-state index in [0.29, 0.717) is 5.75 Å². The van der Waals surface area contributed by atoms with E-state index in [9.17, 15) is 4.79 Å². The van der Waals surface area contributed by atoms with E-state index in [2.05, 4.69) is 4.98 Å². The van der Waals surface area contributed by atoms with Gasteiger partial charge < -0.3 is 9.47 Å². The van der Waals surface area contributed by atoms with Gasteiger partial charge in [0.1, 0.15) is 0 Å². The number of ketones is 1. The molecule has 0 spiro atoms. The zero-order chi connectivity index (χ0) is 17.2. The molecule has 0 saturated heterocycles. The molecule has 1 unspecified atom stereocenters. The van der Waals surface area contributed by atoms with Gasteiger partial charge in [0.2, 0.25) is 0 Å². The number of nitrogens with zero attached hydrogens (tertiary/aromatic N) is 1. The van der Waals surface area contributed by atoms with Gasteiger partial charge in [-0.3, -0.25) is 9.78 Å². The highest BCUT2D eigenvalue weighted by molar-refractivity contribution is 6.03. The molecule has 1 aromatic carbocycles. The lowest BCUT2D eigenvalue weighted by Gasteiger charge is -2.17. The standard InChI is InChI=1S/C21H23NO3/c1-24-19-12-15-11-16(10-14-6-8-22-9-7-14)21(23)18(15)13-20(19)25-17-4-2-3-5-17/h6-9,12-13,16-17H,2-5,10-11H2,1H3. The Balaban J connectivity index is 1.57. The van der Waals surface area contributed by atoms with Crippen molar-refractivity contribution in [2.45, 2.75) is 44.6 Å². The van der Waals surface area contributed by atoms with E-state index in [1.54, 1.807) is 19.5 Å². The summed E-state index contributed by atoms with van der Waals surface area (Å²) in [4.78, 5) is 16.9. The number of carbonyl (C=O) groups is 1. The molecule has 1 saturated carbocycles. The summed E-state index contributed by atoms with van der Waals surface area (Å²) in [7, 11) is 1.66. The smallest absolute Gasteiger partial charge is 0.167 e. The molecule has 2 aromatic rings. The summed E-state index contributed by atoms with van der Waals surface area (Å²) in [5.41, 5.74) is 3.02. The number of pyridine rings is 1. The lowest BCUT2D eigenvalue weighted by atomic mass is 9.96. The van der Waals surface area contributed by atoms with Gasteiger partial charge >= 0.3 is 0 Å². The summed E-state index contributed by atoms with van der Waals surface area (Å²) >= 11 is 0. The number of ether oxygens (including phenoxy) is 2. The molecule has 25 heavy (non-hydrogen) atoms. The van der Waals surface area contributed by atoms with Crippen molar-refractivity contribution >= 4 is 5.78 Å². The molecule has 1 atom stereocenters. The minimum absolute atomic E-state index is 0.0103. The van der Waals surface area contributed by atoms with Crippen LogP contribution >= 0.6 is 0 Å². The quantitative estimate of drug-likeness (QED) is 0.827. The van der Waals surface area contributed by atoms with Crippen LogP contribution in [-0.2, 0) is 12.8 Å². The van der Waals surface area contributed by atoms with Crippen LogP contribution in [0.3, 0.4) is 0 Å². The lowest BCUT2D eigenvalue weighted by Crippen LogP contribution is -2.13. The monoisotopic (exact) mass is 337 g/mol. The molecule has 4 rings (SSSR count). The van der Waals surface area contributed by atoms with Crippen LogP contribution in [0.1, 0.15) is 47.2 Å². The maximum Gasteiger partial charge on any atom is 0.167 e. The van der Waals surface area contributed by atoms with Gasteiger partial charge in [-0.1, -0.05) is 0 Å². The number of hydrogen-bond acceptors (Lipinski definition) is 4. The predicted octanol–water partition coefficient (Wildman–Crippen LogP) is 4.01. The number of benzene rings is 1. The Morgan fingerprint density at radius 3 is 2.60 bits per heavy atom. The van der Waals surface area contributed by atoms with Gasteiger partial charge in [-0.15, -0.1) is 0 Å². The number of aromatic nitrogens is 1. The number of rotatable bonds is 5. The van der Waals surface area contributed by atoms with E-state index >= 15 is 0 Å². The highest BCUT2D eigenvalue weighted by Crippen LogP contribution is 2.39. The fourth-order valence-electron chi connectivity index (χ4n) is 3.98. The molecule has 1 fully saturated rings. The predicted molar refractivity (Wildman–Crippen MR) is 95.3 cm³/mol. The molecule has 0 aliphatic heterocycles. The fraction of sp³-hybridized carbons (Fsp3) is 0.429. The number of hydrogen-bond donors (Lipinski definition) is 0. The third-order valence-electron chi connectivity index (χ3n) is 5.32. The highest BCUT2D eigenvalue weighted by Gasteiger charge is 2.32. The van der Waals surface area contributed by atoms with E-state index in [1.165, 1.54) is 12.8 Å². The molecule has 2 aliphatic carbocycles. The summed E-state index contributed by atoms with van der Waals surface area (Å²) in [6.07, 6.45) is 9.90. The molecule has 0 amide bonds. The molecule has 4 nitrogen and oxygen atoms in total. The topological polar surface area (TPSA) is 48.4 Å². The number of fused-ring (bicyclic) bond motifs is 1. The minimum Gasteiger partial charge on any atom is -0.493 e. The molecule has 1 aromatic heterocycles. The van der Waals surface area contributed by atoms with Crippen molar-refractivity contribution in [3.05, 3.63) is 53.3 Å². The largest absolute Gasteiger partial charge is 0.493 e. The molecule has 1 heterocycles. The van der Waals surface area contributed by atoms with Crippen LogP contribution in [0.15, 0.2) is 36.7 Å². The summed E-state index contributed by atoms with van der Waals surface area (Å²) < 4.78 is 11.7. The average Bonchev–Trinajstić information content (AvgIpc) is 3.24. The van der Waals surface area contributed by atoms with Crippen LogP contribution in [0.4, 0.5) is 0 Å². The van der Waals surface area contributed by atoms with Crippen LogP contribution in [-0.4, -0.2) is 24.0 Å². The Kier molecular flexibility index (Phi) is 4.43. The van der Waals surface area contributed by atoms with E-state index in [-0.39, 0.29) is 17.8 Å². The molecule has 4 heteroatoms. The van der Waals surface area contributed by atoms with Crippen molar-refractivity contribution < 1.29 is 14.3 Å². The normalized spacial score (nSPS) is 19.9. The van der Waals surface area contributed by atoms with Gasteiger partial charge in [-0.25, -0.2) is 0 Å². The highest BCUT2D eigenvalue weighted by atomic mass is 16.5. The Morgan fingerprint density at radius 1 is 1.12 bits per heavy atom. The molecule has 0 N–H and O–H groups in total. The van der Waals surface area contributed by atoms with Gasteiger partial charge in [0, 0.05) is 23.9 Å². The van der Waals surface area contributed by atoms with Crippen LogP contribution in [0.25, 0.3) is 0 Å². The van der Waals surface area contributed by atoms with Crippen molar-refractivity contribution in [1.29, 1.82) is 0 Å². The molecule has 0 bridgehead atoms. The van der Waals surface area contributed by atoms with E-state index < -0.39 is 0 Å². The van der Waals surface area contributed by atoms with Crippen molar-refractivity contribution in [2.24, 2.45) is 5.92 Å². The van der Waals surface area contributed by atoms with Gasteiger partial charge in [-0.05, 0) is 73.9 Å².